The number of thiophene rings is 1. The molecule has 1 atom stereocenters. The maximum absolute atomic E-state index is 11.3. The zero-order chi connectivity index (χ0) is 12.0. The van der Waals surface area contributed by atoms with Crippen molar-refractivity contribution in [1.29, 1.82) is 0 Å². The molecule has 0 radical (unpaired) electrons. The molecule has 1 rings (SSSR count). The lowest BCUT2D eigenvalue weighted by Crippen LogP contribution is -2.31. The van der Waals surface area contributed by atoms with Gasteiger partial charge < -0.3 is 10.4 Å². The van der Waals surface area contributed by atoms with E-state index in [-0.39, 0.29) is 5.91 Å². The molecule has 6 heteroatoms. The van der Waals surface area contributed by atoms with Crippen molar-refractivity contribution >= 4 is 40.6 Å². The Hall–Kier alpha value is -0.230. The van der Waals surface area contributed by atoms with Gasteiger partial charge in [0, 0.05) is 17.2 Å². The predicted octanol–water partition coefficient (Wildman–Crippen LogP) is 2.13. The third-order valence-corrected chi connectivity index (χ3v) is 4.10. The van der Waals surface area contributed by atoms with E-state index in [9.17, 15) is 4.79 Å². The molecule has 1 aromatic rings. The van der Waals surface area contributed by atoms with Gasteiger partial charge in [0.25, 0.3) is 0 Å². The molecule has 0 spiro atoms. The molecule has 0 saturated carbocycles. The van der Waals surface area contributed by atoms with Gasteiger partial charge in [0.2, 0.25) is 5.91 Å². The highest BCUT2D eigenvalue weighted by molar-refractivity contribution is 7.99. The number of amides is 1. The molecular weight excluding hydrogens is 266 g/mol. The van der Waals surface area contributed by atoms with Crippen LogP contribution in [0.1, 0.15) is 11.8 Å². The molecule has 0 aliphatic rings. The topological polar surface area (TPSA) is 49.3 Å². The van der Waals surface area contributed by atoms with E-state index in [0.717, 1.165) is 10.1 Å². The normalized spacial score (nSPS) is 12.4. The zero-order valence-electron chi connectivity index (χ0n) is 8.90. The smallest absolute Gasteiger partial charge is 0.230 e. The fraction of sp³-hybridized carbons (Fsp3) is 0.500. The molecule has 0 aromatic carbocycles. The first-order valence-corrected chi connectivity index (χ1v) is 7.19. The number of aliphatic hydroxyl groups is 1. The van der Waals surface area contributed by atoms with Crippen molar-refractivity contribution < 1.29 is 9.90 Å². The Morgan fingerprint density at radius 3 is 3.00 bits per heavy atom. The Balaban J connectivity index is 2.13. The van der Waals surface area contributed by atoms with E-state index in [1.165, 1.54) is 28.0 Å². The van der Waals surface area contributed by atoms with Gasteiger partial charge in [-0.3, -0.25) is 4.79 Å². The van der Waals surface area contributed by atoms with Gasteiger partial charge in [-0.2, -0.15) is 0 Å². The molecule has 16 heavy (non-hydrogen) atoms. The average Bonchev–Trinajstić information content (AvgIpc) is 2.61. The fourth-order valence-electron chi connectivity index (χ4n) is 0.986. The molecule has 1 unspecified atom stereocenters. The van der Waals surface area contributed by atoms with Gasteiger partial charge in [0.15, 0.2) is 0 Å². The van der Waals surface area contributed by atoms with Crippen molar-refractivity contribution in [2.75, 3.05) is 12.3 Å². The number of hydrogen-bond donors (Lipinski definition) is 2. The Morgan fingerprint density at radius 1 is 1.69 bits per heavy atom. The molecule has 0 aliphatic heterocycles. The number of hydrogen-bond acceptors (Lipinski definition) is 4. The highest BCUT2D eigenvalue weighted by Crippen LogP contribution is 2.24. The van der Waals surface area contributed by atoms with Gasteiger partial charge in [-0.05, 0) is 19.1 Å². The van der Waals surface area contributed by atoms with Gasteiger partial charge in [-0.25, -0.2) is 0 Å². The van der Waals surface area contributed by atoms with Crippen LogP contribution in [-0.2, 0) is 10.5 Å². The van der Waals surface area contributed by atoms with Crippen LogP contribution in [0, 0.1) is 0 Å². The quantitative estimate of drug-likeness (QED) is 0.839. The third-order valence-electron chi connectivity index (χ3n) is 1.70. The van der Waals surface area contributed by atoms with E-state index in [1.807, 2.05) is 12.1 Å². The molecule has 1 amide bonds. The first-order valence-electron chi connectivity index (χ1n) is 4.84. The highest BCUT2D eigenvalue weighted by atomic mass is 35.5. The Kier molecular flexibility index (Phi) is 6.20. The summed E-state index contributed by atoms with van der Waals surface area (Å²) in [4.78, 5) is 12.4. The van der Waals surface area contributed by atoms with E-state index >= 15 is 0 Å². The monoisotopic (exact) mass is 279 g/mol. The molecule has 2 N–H and O–H groups in total. The molecule has 0 fully saturated rings. The minimum atomic E-state index is -0.495. The Labute approximate surface area is 108 Å². The summed E-state index contributed by atoms with van der Waals surface area (Å²) in [6.07, 6.45) is -0.495. The SMILES string of the molecule is CC(O)CNC(=O)CSCc1ccc(Cl)s1. The summed E-state index contributed by atoms with van der Waals surface area (Å²) in [6.45, 7) is 1.95. The van der Waals surface area contributed by atoms with Gasteiger partial charge in [-0.1, -0.05) is 11.6 Å². The van der Waals surface area contributed by atoms with Crippen LogP contribution < -0.4 is 5.32 Å². The molecule has 0 bridgehead atoms. The van der Waals surface area contributed by atoms with E-state index in [4.69, 9.17) is 16.7 Å². The highest BCUT2D eigenvalue weighted by Gasteiger charge is 2.04. The van der Waals surface area contributed by atoms with Crippen LogP contribution in [0.3, 0.4) is 0 Å². The molecule has 90 valence electrons. The first-order chi connectivity index (χ1) is 7.58. The van der Waals surface area contributed by atoms with Gasteiger partial charge >= 0.3 is 0 Å². The summed E-state index contributed by atoms with van der Waals surface area (Å²) < 4.78 is 0.772. The van der Waals surface area contributed by atoms with E-state index in [2.05, 4.69) is 5.32 Å². The van der Waals surface area contributed by atoms with Crippen LogP contribution >= 0.6 is 34.7 Å². The van der Waals surface area contributed by atoms with Crippen molar-refractivity contribution in [1.82, 2.24) is 5.32 Å². The van der Waals surface area contributed by atoms with E-state index in [1.54, 1.807) is 6.92 Å². The van der Waals surface area contributed by atoms with Crippen LogP contribution in [0.15, 0.2) is 12.1 Å². The molecule has 0 saturated heterocycles. The minimum Gasteiger partial charge on any atom is -0.392 e. The molecule has 1 heterocycles. The summed E-state index contributed by atoms with van der Waals surface area (Å²) >= 11 is 8.86. The minimum absolute atomic E-state index is 0.0476. The summed E-state index contributed by atoms with van der Waals surface area (Å²) in [6, 6.07) is 3.82. The summed E-state index contributed by atoms with van der Waals surface area (Å²) in [5.41, 5.74) is 0. The van der Waals surface area contributed by atoms with Crippen molar-refractivity contribution in [2.24, 2.45) is 0 Å². The number of nitrogens with one attached hydrogen (secondary N) is 1. The fourth-order valence-corrected chi connectivity index (χ4v) is 3.04. The number of aliphatic hydroxyl groups excluding tert-OH is 1. The average molecular weight is 280 g/mol. The maximum atomic E-state index is 11.3. The lowest BCUT2D eigenvalue weighted by Gasteiger charge is -2.06. The standard InChI is InChI=1S/C10H14ClNO2S2/c1-7(13)4-12-10(14)6-15-5-8-2-3-9(11)16-8/h2-3,7,13H,4-6H2,1H3,(H,12,14). The van der Waals surface area contributed by atoms with Crippen LogP contribution in [0.2, 0.25) is 4.34 Å². The van der Waals surface area contributed by atoms with Crippen molar-refractivity contribution in [3.05, 3.63) is 21.3 Å². The summed E-state index contributed by atoms with van der Waals surface area (Å²) in [5, 5.41) is 11.6. The summed E-state index contributed by atoms with van der Waals surface area (Å²) in [5.74, 6) is 1.15. The lowest BCUT2D eigenvalue weighted by atomic mass is 10.4. The first kappa shape index (κ1) is 13.8. The summed E-state index contributed by atoms with van der Waals surface area (Å²) in [7, 11) is 0. The Bertz CT molecular complexity index is 341. The largest absolute Gasteiger partial charge is 0.392 e. The number of halogens is 1. The molecule has 0 aliphatic carbocycles. The Morgan fingerprint density at radius 2 is 2.44 bits per heavy atom. The lowest BCUT2D eigenvalue weighted by molar-refractivity contribution is -0.118. The van der Waals surface area contributed by atoms with E-state index in [0.29, 0.717) is 12.3 Å². The van der Waals surface area contributed by atoms with Crippen LogP contribution in [0.5, 0.6) is 0 Å². The number of carbonyl (C=O) groups excluding carboxylic acids is 1. The predicted molar refractivity (Wildman–Crippen MR) is 70.2 cm³/mol. The number of rotatable bonds is 6. The van der Waals surface area contributed by atoms with Crippen LogP contribution in [0.4, 0.5) is 0 Å². The second-order valence-electron chi connectivity index (χ2n) is 3.35. The number of carbonyl (C=O) groups is 1. The third kappa shape index (κ3) is 5.75. The number of thioether (sulfide) groups is 1. The van der Waals surface area contributed by atoms with Crippen LogP contribution in [0.25, 0.3) is 0 Å². The van der Waals surface area contributed by atoms with Gasteiger partial charge in [0.1, 0.15) is 0 Å². The second kappa shape index (κ2) is 7.17. The van der Waals surface area contributed by atoms with Crippen molar-refractivity contribution in [3.63, 3.8) is 0 Å². The van der Waals surface area contributed by atoms with Crippen molar-refractivity contribution in [3.8, 4) is 0 Å². The maximum Gasteiger partial charge on any atom is 0.230 e. The molecule has 3 nitrogen and oxygen atoms in total. The van der Waals surface area contributed by atoms with Crippen LogP contribution in [-0.4, -0.2) is 29.4 Å². The second-order valence-corrected chi connectivity index (χ2v) is 6.14. The zero-order valence-corrected chi connectivity index (χ0v) is 11.3. The van der Waals surface area contributed by atoms with Gasteiger partial charge in [-0.15, -0.1) is 23.1 Å². The van der Waals surface area contributed by atoms with Gasteiger partial charge in [0.05, 0.1) is 16.2 Å². The van der Waals surface area contributed by atoms with E-state index < -0.39 is 6.10 Å². The molecule has 1 aromatic heterocycles. The van der Waals surface area contributed by atoms with Crippen molar-refractivity contribution in [2.45, 2.75) is 18.8 Å². The molecular formula is C10H14ClNO2S2.